The monoisotopic (exact) mass is 246 g/mol. The Labute approximate surface area is 102 Å². The van der Waals surface area contributed by atoms with Crippen LogP contribution >= 0.6 is 0 Å². The van der Waals surface area contributed by atoms with Crippen LogP contribution in [0.2, 0.25) is 0 Å². The second-order valence-corrected chi connectivity index (χ2v) is 3.50. The molecule has 0 amide bonds. The van der Waals surface area contributed by atoms with Crippen LogP contribution in [0.5, 0.6) is 5.75 Å². The van der Waals surface area contributed by atoms with E-state index >= 15 is 0 Å². The van der Waals surface area contributed by atoms with E-state index in [0.29, 0.717) is 5.52 Å². The Balaban J connectivity index is 2.54. The van der Waals surface area contributed by atoms with Gasteiger partial charge in [-0.2, -0.15) is 0 Å². The lowest BCUT2D eigenvalue weighted by atomic mass is 10.2. The van der Waals surface area contributed by atoms with Gasteiger partial charge in [-0.15, -0.1) is 0 Å². The van der Waals surface area contributed by atoms with Gasteiger partial charge in [0.05, 0.1) is 18.0 Å². The van der Waals surface area contributed by atoms with Gasteiger partial charge in [-0.05, 0) is 18.2 Å². The fraction of sp³-hybridized carbons (Fsp3) is 0.0833. The van der Waals surface area contributed by atoms with Gasteiger partial charge in [0.25, 0.3) is 5.56 Å². The summed E-state index contributed by atoms with van der Waals surface area (Å²) in [4.78, 5) is 27.0. The number of aromatic hydroxyl groups is 1. The summed E-state index contributed by atoms with van der Waals surface area (Å²) in [5.41, 5.74) is 0.0940. The molecular formula is C12H10N2O4. The summed E-state index contributed by atoms with van der Waals surface area (Å²) in [7, 11) is 1.24. The Bertz CT molecular complexity index is 688. The highest BCUT2D eigenvalue weighted by atomic mass is 16.5. The average Bonchev–Trinajstić information content (AvgIpc) is 2.38. The van der Waals surface area contributed by atoms with E-state index < -0.39 is 5.97 Å². The number of ether oxygens (including phenoxy) is 1. The lowest BCUT2D eigenvalue weighted by Gasteiger charge is -2.01. The molecule has 1 heterocycles. The number of rotatable bonds is 2. The third kappa shape index (κ3) is 2.22. The van der Waals surface area contributed by atoms with Gasteiger partial charge in [0.15, 0.2) is 0 Å². The third-order valence-corrected chi connectivity index (χ3v) is 2.34. The number of phenolic OH excluding ortho intramolecular Hbond substituents is 1. The highest BCUT2D eigenvalue weighted by Crippen LogP contribution is 2.14. The molecule has 0 saturated heterocycles. The first-order valence-electron chi connectivity index (χ1n) is 5.08. The Kier molecular flexibility index (Phi) is 3.09. The smallest absolute Gasteiger partial charge is 0.331 e. The molecule has 0 radical (unpaired) electrons. The van der Waals surface area contributed by atoms with Crippen LogP contribution in [0, 0.1) is 0 Å². The first-order valence-corrected chi connectivity index (χ1v) is 5.08. The minimum Gasteiger partial charge on any atom is -0.508 e. The predicted molar refractivity (Wildman–Crippen MR) is 65.0 cm³/mol. The van der Waals surface area contributed by atoms with E-state index in [1.54, 1.807) is 6.07 Å². The highest BCUT2D eigenvalue weighted by Gasteiger charge is 2.03. The first-order chi connectivity index (χ1) is 8.61. The van der Waals surface area contributed by atoms with Crippen LogP contribution in [0.25, 0.3) is 17.1 Å². The second kappa shape index (κ2) is 4.70. The lowest BCUT2D eigenvalue weighted by molar-refractivity contribution is -0.134. The molecule has 0 aliphatic rings. The third-order valence-electron chi connectivity index (χ3n) is 2.34. The summed E-state index contributed by atoms with van der Waals surface area (Å²) in [6, 6.07) is 4.32. The zero-order valence-corrected chi connectivity index (χ0v) is 9.53. The quantitative estimate of drug-likeness (QED) is 0.624. The minimum atomic E-state index is -0.571. The standard InChI is InChI=1S/C12H10N2O4/c1-18-11(16)4-5-14-7-13-10-3-2-8(15)6-9(10)12(14)17/h2-7,15H,1H3/b5-4+. The Morgan fingerprint density at radius 3 is 3.00 bits per heavy atom. The normalized spacial score (nSPS) is 10.9. The van der Waals surface area contributed by atoms with Gasteiger partial charge < -0.3 is 9.84 Å². The van der Waals surface area contributed by atoms with Crippen molar-refractivity contribution in [1.82, 2.24) is 9.55 Å². The number of esters is 1. The van der Waals surface area contributed by atoms with Crippen molar-refractivity contribution in [2.24, 2.45) is 0 Å². The predicted octanol–water partition coefficient (Wildman–Crippen LogP) is 0.746. The minimum absolute atomic E-state index is 0.0175. The van der Waals surface area contributed by atoms with Crippen LogP contribution in [-0.2, 0) is 9.53 Å². The van der Waals surface area contributed by atoms with Gasteiger partial charge in [-0.1, -0.05) is 0 Å². The molecule has 0 fully saturated rings. The largest absolute Gasteiger partial charge is 0.508 e. The van der Waals surface area contributed by atoms with Crippen molar-refractivity contribution in [3.63, 3.8) is 0 Å². The molecule has 6 nitrogen and oxygen atoms in total. The molecule has 1 aromatic heterocycles. The molecule has 0 spiro atoms. The topological polar surface area (TPSA) is 81.4 Å². The number of benzene rings is 1. The number of methoxy groups -OCH3 is 1. The summed E-state index contributed by atoms with van der Waals surface area (Å²) in [5.74, 6) is -0.589. The summed E-state index contributed by atoms with van der Waals surface area (Å²) in [6.07, 6.45) is 3.66. The Morgan fingerprint density at radius 2 is 2.28 bits per heavy atom. The van der Waals surface area contributed by atoms with Crippen LogP contribution in [0.3, 0.4) is 0 Å². The molecule has 0 bridgehead atoms. The number of carbonyl (C=O) groups excluding carboxylic acids is 1. The zero-order chi connectivity index (χ0) is 13.1. The molecule has 1 N–H and O–H groups in total. The fourth-order valence-electron chi connectivity index (χ4n) is 1.44. The van der Waals surface area contributed by atoms with Gasteiger partial charge in [0.1, 0.15) is 12.1 Å². The average molecular weight is 246 g/mol. The van der Waals surface area contributed by atoms with Gasteiger partial charge in [-0.25, -0.2) is 9.78 Å². The maximum Gasteiger partial charge on any atom is 0.331 e. The maximum absolute atomic E-state index is 12.0. The van der Waals surface area contributed by atoms with Crippen molar-refractivity contribution < 1.29 is 14.6 Å². The van der Waals surface area contributed by atoms with Crippen LogP contribution in [0.15, 0.2) is 35.4 Å². The molecular weight excluding hydrogens is 236 g/mol. The number of nitrogens with zero attached hydrogens (tertiary/aromatic N) is 2. The number of aromatic nitrogens is 2. The summed E-state index contributed by atoms with van der Waals surface area (Å²) >= 11 is 0. The van der Waals surface area contributed by atoms with Crippen molar-refractivity contribution in [2.45, 2.75) is 0 Å². The Morgan fingerprint density at radius 1 is 1.50 bits per heavy atom. The van der Waals surface area contributed by atoms with Crippen molar-refractivity contribution in [3.05, 3.63) is 41.0 Å². The SMILES string of the molecule is COC(=O)/C=C/n1cnc2ccc(O)cc2c1=O. The van der Waals surface area contributed by atoms with Crippen molar-refractivity contribution in [3.8, 4) is 5.75 Å². The molecule has 0 atom stereocenters. The number of carbonyl (C=O) groups is 1. The number of hydrogen-bond acceptors (Lipinski definition) is 5. The van der Waals surface area contributed by atoms with Gasteiger partial charge in [0, 0.05) is 12.3 Å². The number of hydrogen-bond donors (Lipinski definition) is 1. The summed E-state index contributed by atoms with van der Waals surface area (Å²) < 4.78 is 5.55. The molecule has 2 rings (SSSR count). The molecule has 6 heteroatoms. The molecule has 1 aromatic carbocycles. The Hall–Kier alpha value is -2.63. The second-order valence-electron chi connectivity index (χ2n) is 3.50. The molecule has 0 unspecified atom stereocenters. The number of fused-ring (bicyclic) bond motifs is 1. The van der Waals surface area contributed by atoms with Crippen LogP contribution in [-0.4, -0.2) is 27.7 Å². The molecule has 92 valence electrons. The van der Waals surface area contributed by atoms with E-state index in [1.165, 1.54) is 31.8 Å². The maximum atomic E-state index is 12.0. The molecule has 0 aliphatic heterocycles. The summed E-state index contributed by atoms with van der Waals surface area (Å²) in [6.45, 7) is 0. The number of phenols is 1. The molecule has 0 aliphatic carbocycles. The van der Waals surface area contributed by atoms with E-state index in [4.69, 9.17) is 0 Å². The first kappa shape index (κ1) is 11.8. The lowest BCUT2D eigenvalue weighted by Crippen LogP contribution is -2.16. The van der Waals surface area contributed by atoms with Gasteiger partial charge in [-0.3, -0.25) is 9.36 Å². The van der Waals surface area contributed by atoms with E-state index in [1.807, 2.05) is 0 Å². The highest BCUT2D eigenvalue weighted by molar-refractivity contribution is 5.85. The van der Waals surface area contributed by atoms with Crippen molar-refractivity contribution >= 4 is 23.1 Å². The molecule has 0 saturated carbocycles. The fourth-order valence-corrected chi connectivity index (χ4v) is 1.44. The van der Waals surface area contributed by atoms with Crippen LogP contribution in [0.4, 0.5) is 0 Å². The van der Waals surface area contributed by atoms with E-state index in [-0.39, 0.29) is 16.7 Å². The van der Waals surface area contributed by atoms with Crippen LogP contribution < -0.4 is 5.56 Å². The van der Waals surface area contributed by atoms with Crippen LogP contribution in [0.1, 0.15) is 0 Å². The zero-order valence-electron chi connectivity index (χ0n) is 9.53. The van der Waals surface area contributed by atoms with Crippen molar-refractivity contribution in [2.75, 3.05) is 7.11 Å². The molecule has 2 aromatic rings. The van der Waals surface area contributed by atoms with E-state index in [9.17, 15) is 14.7 Å². The van der Waals surface area contributed by atoms with E-state index in [0.717, 1.165) is 10.6 Å². The van der Waals surface area contributed by atoms with Gasteiger partial charge >= 0.3 is 5.97 Å². The van der Waals surface area contributed by atoms with Crippen molar-refractivity contribution in [1.29, 1.82) is 0 Å². The van der Waals surface area contributed by atoms with E-state index in [2.05, 4.69) is 9.72 Å². The van der Waals surface area contributed by atoms with Gasteiger partial charge in [0.2, 0.25) is 0 Å². The summed E-state index contributed by atoms with van der Waals surface area (Å²) in [5, 5.41) is 9.60. The molecule has 18 heavy (non-hydrogen) atoms.